The van der Waals surface area contributed by atoms with Gasteiger partial charge in [0.25, 0.3) is 0 Å². The van der Waals surface area contributed by atoms with Crippen molar-refractivity contribution < 1.29 is 73.0 Å². The second-order valence-corrected chi connectivity index (χ2v) is 5.95. The van der Waals surface area contributed by atoms with Crippen LogP contribution in [-0.2, 0) is 4.79 Å². The summed E-state index contributed by atoms with van der Waals surface area (Å²) >= 11 is 0. The van der Waals surface area contributed by atoms with Crippen LogP contribution in [0.15, 0.2) is 30.3 Å². The Balaban J connectivity index is 0. The van der Waals surface area contributed by atoms with Crippen molar-refractivity contribution in [2.75, 3.05) is 42.7 Å². The van der Waals surface area contributed by atoms with Gasteiger partial charge in [-0.05, 0) is 19.1 Å². The first kappa shape index (κ1) is 32.5. The van der Waals surface area contributed by atoms with Crippen molar-refractivity contribution >= 4 is 18.1 Å². The largest absolute Gasteiger partial charge is 1.00 e. The van der Waals surface area contributed by atoms with E-state index >= 15 is 0 Å². The molecule has 1 N–H and O–H groups in total. The maximum atomic E-state index is 10.9. The zero-order chi connectivity index (χ0) is 23.4. The number of ketones is 1. The summed E-state index contributed by atoms with van der Waals surface area (Å²) in [4.78, 5) is 21.7. The minimum Gasteiger partial charge on any atom is -0.870 e. The smallest absolute Gasteiger partial charge is 0.870 e. The van der Waals surface area contributed by atoms with Gasteiger partial charge in [-0.1, -0.05) is 0 Å². The van der Waals surface area contributed by atoms with Gasteiger partial charge in [0.1, 0.15) is 34.5 Å². The van der Waals surface area contributed by atoms with E-state index in [0.717, 1.165) is 0 Å². The average Bonchev–Trinajstić information content (AvgIpc) is 2.81. The van der Waals surface area contributed by atoms with Crippen molar-refractivity contribution in [1.29, 1.82) is 0 Å². The van der Waals surface area contributed by atoms with Crippen molar-refractivity contribution in [3.05, 3.63) is 41.5 Å². The fraction of sp³-hybridized carbons (Fsp3) is 0.304. The summed E-state index contributed by atoms with van der Waals surface area (Å²) in [5.74, 6) is 3.26. The van der Waals surface area contributed by atoms with Gasteiger partial charge in [0, 0.05) is 24.3 Å². The molecule has 2 rings (SSSR count). The molecule has 0 bridgehead atoms. The van der Waals surface area contributed by atoms with E-state index in [1.54, 1.807) is 51.7 Å². The summed E-state index contributed by atoms with van der Waals surface area (Å²) in [6.45, 7) is 1.49. The van der Waals surface area contributed by atoms with E-state index in [0.29, 0.717) is 51.9 Å². The zero-order valence-corrected chi connectivity index (χ0v) is 22.3. The molecular weight excluding hydrogens is 443 g/mol. The third-order valence-corrected chi connectivity index (χ3v) is 4.11. The number of hydrogen-bond donors (Lipinski definition) is 0. The first-order valence-electron chi connectivity index (χ1n) is 9.12. The topological polar surface area (TPSA) is 120 Å². The van der Waals surface area contributed by atoms with Gasteiger partial charge >= 0.3 is 29.6 Å². The van der Waals surface area contributed by atoms with Crippen LogP contribution >= 0.6 is 0 Å². The Labute approximate surface area is 216 Å². The van der Waals surface area contributed by atoms with E-state index in [4.69, 9.17) is 28.4 Å². The van der Waals surface area contributed by atoms with Crippen molar-refractivity contribution in [2.45, 2.75) is 6.92 Å². The molecule has 0 aromatic heterocycles. The van der Waals surface area contributed by atoms with Crippen LogP contribution in [0.4, 0.5) is 0 Å². The summed E-state index contributed by atoms with van der Waals surface area (Å²) in [6, 6.07) is 6.74. The van der Waals surface area contributed by atoms with Crippen LogP contribution in [0, 0.1) is 0 Å². The maximum absolute atomic E-state index is 10.9. The third kappa shape index (κ3) is 9.35. The van der Waals surface area contributed by atoms with Gasteiger partial charge in [-0.2, -0.15) is 0 Å². The van der Waals surface area contributed by atoms with Crippen LogP contribution in [-0.4, -0.2) is 60.2 Å². The molecule has 0 amide bonds. The van der Waals surface area contributed by atoms with E-state index < -0.39 is 0 Å². The molecule has 33 heavy (non-hydrogen) atoms. The first-order chi connectivity index (χ1) is 14.9. The summed E-state index contributed by atoms with van der Waals surface area (Å²) in [7, 11) is 9.19. The fourth-order valence-corrected chi connectivity index (χ4v) is 2.55. The Kier molecular flexibility index (Phi) is 16.6. The molecule has 0 aliphatic rings. The standard InChI is InChI=1S/C13H16O4.C10H12O4.Na.H2O/c1-9(14)5-6-11-12(16-3)7-10(15-2)8-13(11)17-4;1-12-7-4-9(13-2)8(6-11)10(5-7)14-3;;/h5-8H,1-4H3;4-6H,1-3H3;;1H2/q;;+1;/p-1/b6-5+;;;. The molecule has 2 aromatic rings. The zero-order valence-electron chi connectivity index (χ0n) is 20.3. The Bertz CT molecular complexity index is 876. The van der Waals surface area contributed by atoms with Gasteiger partial charge in [0.15, 0.2) is 12.1 Å². The van der Waals surface area contributed by atoms with Crippen LogP contribution in [0.2, 0.25) is 0 Å². The molecule has 0 saturated carbocycles. The Hall–Kier alpha value is -2.72. The van der Waals surface area contributed by atoms with Gasteiger partial charge in [-0.3, -0.25) is 9.59 Å². The average molecular weight is 472 g/mol. The molecule has 0 spiro atoms. The predicted octanol–water partition coefficient (Wildman–Crippen LogP) is 0.667. The van der Waals surface area contributed by atoms with E-state index in [1.807, 2.05) is 0 Å². The minimum absolute atomic E-state index is 0. The number of rotatable bonds is 9. The Morgan fingerprint density at radius 3 is 1.24 bits per heavy atom. The molecule has 0 unspecified atom stereocenters. The van der Waals surface area contributed by atoms with Crippen LogP contribution in [0.5, 0.6) is 34.5 Å². The predicted molar refractivity (Wildman–Crippen MR) is 119 cm³/mol. The fourth-order valence-electron chi connectivity index (χ4n) is 2.55. The van der Waals surface area contributed by atoms with E-state index in [1.165, 1.54) is 34.3 Å². The summed E-state index contributed by atoms with van der Waals surface area (Å²) < 4.78 is 30.7. The van der Waals surface area contributed by atoms with Crippen LogP contribution in [0.1, 0.15) is 22.8 Å². The molecule has 9 nitrogen and oxygen atoms in total. The monoisotopic (exact) mass is 472 g/mol. The molecule has 0 heterocycles. The molecule has 0 aliphatic heterocycles. The van der Waals surface area contributed by atoms with Crippen molar-refractivity contribution in [3.8, 4) is 34.5 Å². The van der Waals surface area contributed by atoms with Crippen molar-refractivity contribution in [1.82, 2.24) is 0 Å². The summed E-state index contributed by atoms with van der Waals surface area (Å²) in [5.41, 5.74) is 1.10. The van der Waals surface area contributed by atoms with Crippen molar-refractivity contribution in [2.24, 2.45) is 0 Å². The number of allylic oxidation sites excluding steroid dienone is 1. The molecule has 10 heteroatoms. The molecular formula is C23H29NaO9. The second-order valence-electron chi connectivity index (χ2n) is 5.95. The normalized spacial score (nSPS) is 9.30. The molecule has 2 aromatic carbocycles. The van der Waals surface area contributed by atoms with Gasteiger partial charge in [-0.15, -0.1) is 0 Å². The number of benzene rings is 2. The molecule has 0 aliphatic carbocycles. The molecule has 176 valence electrons. The van der Waals surface area contributed by atoms with E-state index in [9.17, 15) is 9.59 Å². The maximum Gasteiger partial charge on any atom is 1.00 e. The van der Waals surface area contributed by atoms with Crippen LogP contribution in [0.3, 0.4) is 0 Å². The number of methoxy groups -OCH3 is 6. The number of carbonyl (C=O) groups is 2. The number of hydrogen-bond acceptors (Lipinski definition) is 9. The van der Waals surface area contributed by atoms with E-state index in [-0.39, 0.29) is 40.8 Å². The Morgan fingerprint density at radius 1 is 0.667 bits per heavy atom. The molecule has 0 saturated heterocycles. The number of ether oxygens (including phenoxy) is 6. The Morgan fingerprint density at radius 2 is 1.00 bits per heavy atom. The number of carbonyl (C=O) groups excluding carboxylic acids is 2. The third-order valence-electron chi connectivity index (χ3n) is 4.11. The SMILES string of the molecule is COc1cc(OC)c(/C=C/C(C)=O)c(OC)c1.COc1cc(OC)c(C=O)c(OC)c1.[Na+].[OH-]. The van der Waals surface area contributed by atoms with Gasteiger partial charge in [-0.25, -0.2) is 0 Å². The molecule has 0 fully saturated rings. The molecule has 0 atom stereocenters. The number of aldehydes is 1. The first-order valence-corrected chi connectivity index (χ1v) is 9.12. The van der Waals surface area contributed by atoms with Gasteiger partial charge in [0.2, 0.25) is 0 Å². The summed E-state index contributed by atoms with van der Waals surface area (Å²) in [5, 5.41) is 0. The van der Waals surface area contributed by atoms with Crippen LogP contribution < -0.4 is 58.0 Å². The van der Waals surface area contributed by atoms with Gasteiger partial charge < -0.3 is 33.9 Å². The van der Waals surface area contributed by atoms with Crippen LogP contribution in [0.25, 0.3) is 6.08 Å². The second kappa shape index (κ2) is 16.8. The molecule has 0 radical (unpaired) electrons. The quantitative estimate of drug-likeness (QED) is 0.295. The summed E-state index contributed by atoms with van der Waals surface area (Å²) in [6.07, 6.45) is 3.82. The minimum atomic E-state index is -0.0371. The van der Waals surface area contributed by atoms with Crippen molar-refractivity contribution in [3.63, 3.8) is 0 Å². The van der Waals surface area contributed by atoms with E-state index in [2.05, 4.69) is 0 Å². The van der Waals surface area contributed by atoms with Gasteiger partial charge in [0.05, 0.1) is 53.8 Å².